The minimum Gasteiger partial charge on any atom is -0.310 e. The van der Waals surface area contributed by atoms with Crippen molar-refractivity contribution in [3.63, 3.8) is 0 Å². The number of thioether (sulfide) groups is 1. The van der Waals surface area contributed by atoms with Gasteiger partial charge in [0.1, 0.15) is 0 Å². The van der Waals surface area contributed by atoms with Gasteiger partial charge in [0.25, 0.3) is 0 Å². The molecular weight excluding hydrogens is 304 g/mol. The first-order chi connectivity index (χ1) is 10.1. The zero-order chi connectivity index (χ0) is 14.7. The summed E-state index contributed by atoms with van der Waals surface area (Å²) in [6.07, 6.45) is 4.43. The SMILES string of the molecule is O=S(=O)(NC1CCCSC1)c1ccccc1CNC1CC1. The third-order valence-corrected chi connectivity index (χ3v) is 6.74. The van der Waals surface area contributed by atoms with Crippen molar-refractivity contribution < 1.29 is 8.42 Å². The highest BCUT2D eigenvalue weighted by Gasteiger charge is 2.25. The van der Waals surface area contributed by atoms with Crippen LogP contribution in [0.15, 0.2) is 29.2 Å². The molecule has 116 valence electrons. The van der Waals surface area contributed by atoms with Crippen LogP contribution in [0.5, 0.6) is 0 Å². The molecule has 1 aliphatic heterocycles. The fraction of sp³-hybridized carbons (Fsp3) is 0.600. The summed E-state index contributed by atoms with van der Waals surface area (Å²) in [5.41, 5.74) is 0.861. The lowest BCUT2D eigenvalue weighted by molar-refractivity contribution is 0.541. The fourth-order valence-electron chi connectivity index (χ4n) is 2.57. The van der Waals surface area contributed by atoms with Crippen LogP contribution in [0.25, 0.3) is 0 Å². The van der Waals surface area contributed by atoms with Crippen molar-refractivity contribution in [3.05, 3.63) is 29.8 Å². The highest BCUT2D eigenvalue weighted by atomic mass is 32.2. The van der Waals surface area contributed by atoms with Gasteiger partial charge in [0.15, 0.2) is 0 Å². The second-order valence-electron chi connectivity index (χ2n) is 5.80. The molecule has 2 N–H and O–H groups in total. The van der Waals surface area contributed by atoms with Crippen LogP contribution < -0.4 is 10.0 Å². The molecule has 2 aliphatic rings. The Morgan fingerprint density at radius 1 is 1.14 bits per heavy atom. The molecule has 0 radical (unpaired) electrons. The fourth-order valence-corrected chi connectivity index (χ4v) is 5.26. The third kappa shape index (κ3) is 4.22. The van der Waals surface area contributed by atoms with Crippen LogP contribution in [0, 0.1) is 0 Å². The Labute approximate surface area is 131 Å². The topological polar surface area (TPSA) is 58.2 Å². The molecule has 21 heavy (non-hydrogen) atoms. The minimum absolute atomic E-state index is 0.0678. The molecule has 1 saturated carbocycles. The molecule has 1 saturated heterocycles. The summed E-state index contributed by atoms with van der Waals surface area (Å²) in [4.78, 5) is 0.425. The average molecular weight is 326 g/mol. The van der Waals surface area contributed by atoms with Crippen LogP contribution in [0.1, 0.15) is 31.2 Å². The van der Waals surface area contributed by atoms with Gasteiger partial charge in [-0.05, 0) is 43.1 Å². The van der Waals surface area contributed by atoms with E-state index in [2.05, 4.69) is 10.0 Å². The Kier molecular flexibility index (Phi) is 4.88. The third-order valence-electron chi connectivity index (χ3n) is 3.90. The zero-order valence-electron chi connectivity index (χ0n) is 12.0. The quantitative estimate of drug-likeness (QED) is 0.841. The summed E-state index contributed by atoms with van der Waals surface area (Å²) in [7, 11) is -3.42. The second-order valence-corrected chi connectivity index (χ2v) is 8.63. The van der Waals surface area contributed by atoms with E-state index < -0.39 is 10.0 Å². The Morgan fingerprint density at radius 3 is 2.67 bits per heavy atom. The lowest BCUT2D eigenvalue weighted by Gasteiger charge is -2.23. The van der Waals surface area contributed by atoms with Gasteiger partial charge in [0.2, 0.25) is 10.0 Å². The van der Waals surface area contributed by atoms with Gasteiger partial charge in [-0.25, -0.2) is 13.1 Å². The smallest absolute Gasteiger partial charge is 0.241 e. The van der Waals surface area contributed by atoms with E-state index in [1.165, 1.54) is 12.8 Å². The predicted molar refractivity (Wildman–Crippen MR) is 87.0 cm³/mol. The summed E-state index contributed by atoms with van der Waals surface area (Å²) in [5.74, 6) is 2.02. The largest absolute Gasteiger partial charge is 0.310 e. The van der Waals surface area contributed by atoms with E-state index in [1.54, 1.807) is 12.1 Å². The van der Waals surface area contributed by atoms with Crippen molar-refractivity contribution in [1.82, 2.24) is 10.0 Å². The molecule has 1 aromatic carbocycles. The van der Waals surface area contributed by atoms with Crippen molar-refractivity contribution in [2.24, 2.45) is 0 Å². The number of hydrogen-bond donors (Lipinski definition) is 2. The Bertz CT molecular complexity index is 579. The van der Waals surface area contributed by atoms with E-state index in [4.69, 9.17) is 0 Å². The molecule has 0 bridgehead atoms. The first-order valence-corrected chi connectivity index (χ1v) is 10.2. The van der Waals surface area contributed by atoms with Crippen LogP contribution >= 0.6 is 11.8 Å². The van der Waals surface area contributed by atoms with E-state index >= 15 is 0 Å². The first kappa shape index (κ1) is 15.3. The summed E-state index contributed by atoms with van der Waals surface area (Å²) in [6.45, 7) is 0.626. The summed E-state index contributed by atoms with van der Waals surface area (Å²) in [5, 5.41) is 3.39. The van der Waals surface area contributed by atoms with Crippen LogP contribution in [-0.2, 0) is 16.6 Å². The van der Waals surface area contributed by atoms with Crippen LogP contribution in [-0.4, -0.2) is 32.0 Å². The van der Waals surface area contributed by atoms with Crippen molar-refractivity contribution in [1.29, 1.82) is 0 Å². The molecular formula is C15H22N2O2S2. The van der Waals surface area contributed by atoms with Crippen LogP contribution in [0.3, 0.4) is 0 Å². The molecule has 1 aliphatic carbocycles. The summed E-state index contributed by atoms with van der Waals surface area (Å²) < 4.78 is 28.1. The number of benzene rings is 1. The molecule has 0 spiro atoms. The van der Waals surface area contributed by atoms with Gasteiger partial charge in [-0.15, -0.1) is 0 Å². The van der Waals surface area contributed by atoms with Gasteiger partial charge in [-0.1, -0.05) is 18.2 Å². The van der Waals surface area contributed by atoms with E-state index in [1.807, 2.05) is 23.9 Å². The average Bonchev–Trinajstić information content (AvgIpc) is 3.30. The standard InChI is InChI=1S/C15H22N2O2S2/c18-21(19,17-14-5-3-9-20-11-14)15-6-2-1-4-12(15)10-16-13-7-8-13/h1-2,4,6,13-14,16-17H,3,5,7-11H2. The minimum atomic E-state index is -3.42. The Hall–Kier alpha value is -0.560. The molecule has 0 aromatic heterocycles. The number of sulfonamides is 1. The lowest BCUT2D eigenvalue weighted by Crippen LogP contribution is -2.38. The van der Waals surface area contributed by atoms with Gasteiger partial charge in [0, 0.05) is 24.4 Å². The highest BCUT2D eigenvalue weighted by Crippen LogP contribution is 2.23. The van der Waals surface area contributed by atoms with Crippen LogP contribution in [0.2, 0.25) is 0 Å². The molecule has 2 fully saturated rings. The van der Waals surface area contributed by atoms with Gasteiger partial charge in [-0.2, -0.15) is 11.8 Å². The van der Waals surface area contributed by atoms with E-state index in [0.717, 1.165) is 29.9 Å². The van der Waals surface area contributed by atoms with Crippen LogP contribution in [0.4, 0.5) is 0 Å². The van der Waals surface area contributed by atoms with E-state index in [0.29, 0.717) is 17.5 Å². The Balaban J connectivity index is 1.73. The van der Waals surface area contributed by atoms with Crippen molar-refractivity contribution in [2.45, 2.75) is 49.2 Å². The molecule has 4 nitrogen and oxygen atoms in total. The van der Waals surface area contributed by atoms with Gasteiger partial charge in [-0.3, -0.25) is 0 Å². The number of hydrogen-bond acceptors (Lipinski definition) is 4. The van der Waals surface area contributed by atoms with Gasteiger partial charge in [0.05, 0.1) is 4.90 Å². The molecule has 6 heteroatoms. The van der Waals surface area contributed by atoms with Crippen molar-refractivity contribution in [3.8, 4) is 0 Å². The lowest BCUT2D eigenvalue weighted by atomic mass is 10.2. The molecule has 1 unspecified atom stereocenters. The summed E-state index contributed by atoms with van der Waals surface area (Å²) in [6, 6.07) is 7.95. The van der Waals surface area contributed by atoms with Crippen molar-refractivity contribution in [2.75, 3.05) is 11.5 Å². The van der Waals surface area contributed by atoms with Crippen molar-refractivity contribution >= 4 is 21.8 Å². The summed E-state index contributed by atoms with van der Waals surface area (Å²) >= 11 is 1.83. The van der Waals surface area contributed by atoms with E-state index in [9.17, 15) is 8.42 Å². The van der Waals surface area contributed by atoms with Gasteiger partial charge < -0.3 is 5.32 Å². The zero-order valence-corrected chi connectivity index (χ0v) is 13.7. The normalized spacial score (nSPS) is 23.1. The number of rotatable bonds is 6. The maximum absolute atomic E-state index is 12.6. The second kappa shape index (κ2) is 6.69. The molecule has 1 heterocycles. The molecule has 3 rings (SSSR count). The van der Waals surface area contributed by atoms with E-state index in [-0.39, 0.29) is 6.04 Å². The number of nitrogens with one attached hydrogen (secondary N) is 2. The van der Waals surface area contributed by atoms with Gasteiger partial charge >= 0.3 is 0 Å². The highest BCUT2D eigenvalue weighted by molar-refractivity contribution is 7.99. The maximum Gasteiger partial charge on any atom is 0.241 e. The monoisotopic (exact) mass is 326 g/mol. The maximum atomic E-state index is 12.6. The first-order valence-electron chi connectivity index (χ1n) is 7.56. The molecule has 0 amide bonds. The predicted octanol–water partition coefficient (Wildman–Crippen LogP) is 2.11. The molecule has 1 aromatic rings. The molecule has 1 atom stereocenters. The Morgan fingerprint density at radius 2 is 1.95 bits per heavy atom.